The van der Waals surface area contributed by atoms with Gasteiger partial charge in [0.05, 0.1) is 6.61 Å². The smallest absolute Gasteiger partial charge is 0.376 e. The molecule has 0 aromatic rings. The maximum absolute atomic E-state index is 10.4. The van der Waals surface area contributed by atoms with Crippen LogP contribution in [0.2, 0.25) is 0 Å². The molecule has 0 unspecified atom stereocenters. The lowest BCUT2D eigenvalue weighted by atomic mass is 10.0. The van der Waals surface area contributed by atoms with Gasteiger partial charge in [-0.25, -0.2) is 9.08 Å². The molecule has 0 bridgehead atoms. The average Bonchev–Trinajstić information content (AvgIpc) is 2.81. The maximum atomic E-state index is 10.4. The standard InChI is InChI=1S/C24H50O4S.C9H21NO3/c1-2-3-4-5-6-7-8-9-10-11-12-13-14-15-16-17-18-19-20-21-22-23-24-28-29(25,26)27;1-7(2,11)10(8(3,4)12)9(5,6)13/h2-24H2,1H3,(H,25,26,27);11-13H,1-6H3. The second-order valence-corrected chi connectivity index (χ2v) is 14.6. The second kappa shape index (κ2) is 25.0. The number of aliphatic hydroxyl groups is 3. The van der Waals surface area contributed by atoms with Gasteiger partial charge in [0, 0.05) is 0 Å². The van der Waals surface area contributed by atoms with Gasteiger partial charge in [-0.3, -0.25) is 4.55 Å². The molecule has 0 aliphatic carbocycles. The van der Waals surface area contributed by atoms with Gasteiger partial charge in [-0.2, -0.15) is 8.42 Å². The van der Waals surface area contributed by atoms with Crippen molar-refractivity contribution in [2.45, 2.75) is 207 Å². The number of hydrogen-bond acceptors (Lipinski definition) is 7. The lowest BCUT2D eigenvalue weighted by Gasteiger charge is -2.49. The molecule has 0 saturated carbocycles. The van der Waals surface area contributed by atoms with Crippen LogP contribution in [0.3, 0.4) is 0 Å². The van der Waals surface area contributed by atoms with E-state index in [-0.39, 0.29) is 6.61 Å². The fraction of sp³-hybridized carbons (Fsp3) is 1.00. The third-order valence-corrected chi connectivity index (χ3v) is 7.84. The maximum Gasteiger partial charge on any atom is 0.397 e. The molecule has 0 spiro atoms. The third kappa shape index (κ3) is 31.1. The van der Waals surface area contributed by atoms with Gasteiger partial charge in [0.2, 0.25) is 0 Å². The second-order valence-electron chi connectivity index (χ2n) is 13.5. The van der Waals surface area contributed by atoms with Crippen LogP contribution >= 0.6 is 0 Å². The Morgan fingerprint density at radius 2 is 0.690 bits per heavy atom. The van der Waals surface area contributed by atoms with Crippen molar-refractivity contribution in [1.29, 1.82) is 0 Å². The highest BCUT2D eigenvalue weighted by Gasteiger charge is 2.43. The van der Waals surface area contributed by atoms with Crippen LogP contribution in [0.1, 0.15) is 190 Å². The molecule has 256 valence electrons. The molecular formula is C33H71NO7S. The van der Waals surface area contributed by atoms with Crippen molar-refractivity contribution in [3.63, 3.8) is 0 Å². The summed E-state index contributed by atoms with van der Waals surface area (Å²) in [6.45, 7) is 11.5. The van der Waals surface area contributed by atoms with Gasteiger partial charge < -0.3 is 15.3 Å². The minimum Gasteiger partial charge on any atom is -0.376 e. The van der Waals surface area contributed by atoms with Gasteiger partial charge in [-0.1, -0.05) is 142 Å². The Hall–Kier alpha value is -0.290. The van der Waals surface area contributed by atoms with Crippen LogP contribution < -0.4 is 0 Å². The van der Waals surface area contributed by atoms with Crippen LogP contribution in [-0.4, -0.2) is 57.0 Å². The number of rotatable bonds is 27. The van der Waals surface area contributed by atoms with Gasteiger partial charge in [-0.15, -0.1) is 0 Å². The molecule has 8 nitrogen and oxygen atoms in total. The van der Waals surface area contributed by atoms with E-state index in [1.807, 2.05) is 0 Å². The Balaban J connectivity index is 0. The van der Waals surface area contributed by atoms with E-state index < -0.39 is 27.6 Å². The molecule has 9 heteroatoms. The van der Waals surface area contributed by atoms with E-state index >= 15 is 0 Å². The zero-order valence-electron chi connectivity index (χ0n) is 28.6. The number of nitrogens with zero attached hydrogens (tertiary/aromatic N) is 1. The first-order chi connectivity index (χ1) is 19.4. The molecule has 0 heterocycles. The fourth-order valence-electron chi connectivity index (χ4n) is 5.88. The summed E-state index contributed by atoms with van der Waals surface area (Å²) in [6, 6.07) is 0. The third-order valence-electron chi connectivity index (χ3n) is 7.37. The lowest BCUT2D eigenvalue weighted by molar-refractivity contribution is -0.288. The van der Waals surface area contributed by atoms with Crippen molar-refractivity contribution in [3.8, 4) is 0 Å². The normalized spacial score (nSPS) is 13.0. The van der Waals surface area contributed by atoms with Crippen LogP contribution in [0.15, 0.2) is 0 Å². The molecule has 0 rings (SSSR count). The van der Waals surface area contributed by atoms with Crippen LogP contribution in [0.5, 0.6) is 0 Å². The minimum atomic E-state index is -4.25. The first-order valence-electron chi connectivity index (χ1n) is 17.0. The zero-order valence-corrected chi connectivity index (χ0v) is 29.4. The molecule has 42 heavy (non-hydrogen) atoms. The summed E-state index contributed by atoms with van der Waals surface area (Å²) in [5.74, 6) is 0. The van der Waals surface area contributed by atoms with Crippen LogP contribution in [0.25, 0.3) is 0 Å². The molecule has 0 atom stereocenters. The summed E-state index contributed by atoms with van der Waals surface area (Å²) in [6.07, 6.45) is 29.3. The fourth-order valence-corrected chi connectivity index (χ4v) is 6.21. The summed E-state index contributed by atoms with van der Waals surface area (Å²) in [5, 5.41) is 29.3. The van der Waals surface area contributed by atoms with Crippen molar-refractivity contribution in [2.24, 2.45) is 0 Å². The van der Waals surface area contributed by atoms with Crippen molar-refractivity contribution in [3.05, 3.63) is 0 Å². The molecule has 0 aliphatic rings. The highest BCUT2D eigenvalue weighted by Crippen LogP contribution is 2.29. The summed E-state index contributed by atoms with van der Waals surface area (Å²) < 4.78 is 33.5. The molecule has 0 aromatic heterocycles. The molecule has 0 aliphatic heterocycles. The highest BCUT2D eigenvalue weighted by molar-refractivity contribution is 7.80. The van der Waals surface area contributed by atoms with Gasteiger partial charge in [-0.05, 0) is 48.0 Å². The summed E-state index contributed by atoms with van der Waals surface area (Å²) in [5.41, 5.74) is -3.84. The molecule has 0 radical (unpaired) electrons. The van der Waals surface area contributed by atoms with Crippen LogP contribution in [0.4, 0.5) is 0 Å². The first-order valence-corrected chi connectivity index (χ1v) is 18.4. The van der Waals surface area contributed by atoms with E-state index in [1.54, 1.807) is 0 Å². The largest absolute Gasteiger partial charge is 0.397 e. The van der Waals surface area contributed by atoms with Crippen molar-refractivity contribution < 1.29 is 32.5 Å². The highest BCUT2D eigenvalue weighted by atomic mass is 32.3. The lowest BCUT2D eigenvalue weighted by Crippen LogP contribution is -2.64. The van der Waals surface area contributed by atoms with Gasteiger partial charge in [0.25, 0.3) is 0 Å². The summed E-state index contributed by atoms with van der Waals surface area (Å²) >= 11 is 0. The summed E-state index contributed by atoms with van der Waals surface area (Å²) in [7, 11) is -4.25. The molecule has 0 fully saturated rings. The quantitative estimate of drug-likeness (QED) is 0.0405. The predicted molar refractivity (Wildman–Crippen MR) is 175 cm³/mol. The Morgan fingerprint density at radius 1 is 0.476 bits per heavy atom. The van der Waals surface area contributed by atoms with Crippen molar-refractivity contribution in [1.82, 2.24) is 4.90 Å². The number of unbranched alkanes of at least 4 members (excludes halogenated alkanes) is 21. The van der Waals surface area contributed by atoms with Crippen molar-refractivity contribution >= 4 is 10.4 Å². The Morgan fingerprint density at radius 3 is 0.857 bits per heavy atom. The van der Waals surface area contributed by atoms with E-state index in [2.05, 4.69) is 11.1 Å². The Labute approximate surface area is 261 Å². The van der Waals surface area contributed by atoms with E-state index in [9.17, 15) is 23.7 Å². The number of hydrogen-bond donors (Lipinski definition) is 4. The molecule has 0 aromatic carbocycles. The van der Waals surface area contributed by atoms with Crippen LogP contribution in [0, 0.1) is 0 Å². The van der Waals surface area contributed by atoms with E-state index in [0.717, 1.165) is 12.8 Å². The predicted octanol–water partition coefficient (Wildman–Crippen LogP) is 8.88. The molecule has 4 N–H and O–H groups in total. The van der Waals surface area contributed by atoms with E-state index in [1.165, 1.54) is 168 Å². The Bertz CT molecular complexity index is 661. The summed E-state index contributed by atoms with van der Waals surface area (Å²) in [4.78, 5) is 1.23. The monoisotopic (exact) mass is 625 g/mol. The van der Waals surface area contributed by atoms with Crippen LogP contribution in [-0.2, 0) is 14.6 Å². The molecular weight excluding hydrogens is 554 g/mol. The average molecular weight is 626 g/mol. The zero-order chi connectivity index (χ0) is 32.5. The van der Waals surface area contributed by atoms with E-state index in [4.69, 9.17) is 4.55 Å². The van der Waals surface area contributed by atoms with E-state index in [0.29, 0.717) is 6.42 Å². The van der Waals surface area contributed by atoms with Gasteiger partial charge in [0.15, 0.2) is 0 Å². The Kier molecular flexibility index (Phi) is 26.1. The van der Waals surface area contributed by atoms with Gasteiger partial charge >= 0.3 is 10.4 Å². The molecule has 0 amide bonds. The molecule has 0 saturated heterocycles. The topological polar surface area (TPSA) is 128 Å². The minimum absolute atomic E-state index is 0.0952. The van der Waals surface area contributed by atoms with Gasteiger partial charge in [0.1, 0.15) is 17.2 Å². The van der Waals surface area contributed by atoms with Crippen molar-refractivity contribution in [2.75, 3.05) is 6.61 Å². The SMILES string of the molecule is CC(C)(O)N(C(C)(C)O)C(C)(C)O.CCCCCCCCCCCCCCCCCCCCCCCCOS(=O)(=O)O. The first kappa shape index (κ1) is 43.8.